The van der Waals surface area contributed by atoms with Crippen LogP contribution in [0.3, 0.4) is 0 Å². The molecule has 1 heterocycles. The molecule has 0 saturated heterocycles. The summed E-state index contributed by atoms with van der Waals surface area (Å²) >= 11 is 0. The van der Waals surface area contributed by atoms with Gasteiger partial charge in [0.15, 0.2) is 0 Å². The van der Waals surface area contributed by atoms with Crippen molar-refractivity contribution in [3.05, 3.63) is 53.6 Å². The molecular formula is C21H26N4O3. The molecule has 1 fully saturated rings. The maximum atomic E-state index is 13.3. The van der Waals surface area contributed by atoms with E-state index >= 15 is 0 Å². The standard InChI is InChI=1S/C21H26N4O3/c1-28-17-10-6-7-15(11-17)14-25(16-8-4-2-3-5-9-16)21(27)19-13-23-18(12-24-19)20(22)26/h6-7,10-13,16H,2-5,8-9,14H2,1H3,(H2,22,26). The van der Waals surface area contributed by atoms with Gasteiger partial charge in [0, 0.05) is 12.6 Å². The minimum absolute atomic E-state index is 0.0466. The Labute approximate surface area is 164 Å². The Morgan fingerprint density at radius 2 is 1.79 bits per heavy atom. The average molecular weight is 382 g/mol. The van der Waals surface area contributed by atoms with E-state index in [0.717, 1.165) is 37.0 Å². The molecule has 0 unspecified atom stereocenters. The molecule has 2 N–H and O–H groups in total. The molecule has 7 nitrogen and oxygen atoms in total. The van der Waals surface area contributed by atoms with Crippen molar-refractivity contribution in [1.82, 2.24) is 14.9 Å². The zero-order valence-electron chi connectivity index (χ0n) is 16.1. The van der Waals surface area contributed by atoms with Gasteiger partial charge in [-0.1, -0.05) is 37.8 Å². The van der Waals surface area contributed by atoms with E-state index < -0.39 is 5.91 Å². The Kier molecular flexibility index (Phi) is 6.57. The zero-order valence-corrected chi connectivity index (χ0v) is 16.1. The summed E-state index contributed by atoms with van der Waals surface area (Å²) in [6, 6.07) is 7.89. The number of carbonyl (C=O) groups is 2. The number of aromatic nitrogens is 2. The van der Waals surface area contributed by atoms with Gasteiger partial charge >= 0.3 is 0 Å². The van der Waals surface area contributed by atoms with E-state index in [1.165, 1.54) is 25.2 Å². The molecule has 1 aromatic carbocycles. The van der Waals surface area contributed by atoms with Crippen LogP contribution in [0.25, 0.3) is 0 Å². The van der Waals surface area contributed by atoms with Crippen molar-refractivity contribution in [3.8, 4) is 5.75 Å². The number of methoxy groups -OCH3 is 1. The number of amides is 2. The molecule has 1 saturated carbocycles. The minimum atomic E-state index is -0.663. The van der Waals surface area contributed by atoms with Crippen LogP contribution in [0.15, 0.2) is 36.7 Å². The molecule has 1 aromatic heterocycles. The van der Waals surface area contributed by atoms with E-state index in [9.17, 15) is 9.59 Å². The molecule has 2 amide bonds. The minimum Gasteiger partial charge on any atom is -0.497 e. The number of nitrogens with two attached hydrogens (primary N) is 1. The number of rotatable bonds is 6. The van der Waals surface area contributed by atoms with Crippen LogP contribution in [0.4, 0.5) is 0 Å². The second-order valence-corrected chi connectivity index (χ2v) is 7.08. The van der Waals surface area contributed by atoms with E-state index in [1.807, 2.05) is 29.2 Å². The van der Waals surface area contributed by atoms with Gasteiger partial charge in [0.1, 0.15) is 17.1 Å². The largest absolute Gasteiger partial charge is 0.497 e. The van der Waals surface area contributed by atoms with Gasteiger partial charge in [0.2, 0.25) is 0 Å². The molecular weight excluding hydrogens is 356 g/mol. The summed E-state index contributed by atoms with van der Waals surface area (Å²) in [7, 11) is 1.63. The van der Waals surface area contributed by atoms with Crippen molar-refractivity contribution in [1.29, 1.82) is 0 Å². The van der Waals surface area contributed by atoms with Crippen LogP contribution in [-0.2, 0) is 6.54 Å². The van der Waals surface area contributed by atoms with Crippen molar-refractivity contribution in [3.63, 3.8) is 0 Å². The summed E-state index contributed by atoms with van der Waals surface area (Å²) in [6.07, 6.45) is 9.16. The van der Waals surface area contributed by atoms with Gasteiger partial charge in [-0.25, -0.2) is 9.97 Å². The second kappa shape index (κ2) is 9.30. The summed E-state index contributed by atoms with van der Waals surface area (Å²) in [5.41, 5.74) is 6.48. The van der Waals surface area contributed by atoms with Gasteiger partial charge in [-0.3, -0.25) is 9.59 Å². The molecule has 0 aliphatic heterocycles. The predicted octanol–water partition coefficient (Wildman–Crippen LogP) is 2.95. The van der Waals surface area contributed by atoms with Crippen molar-refractivity contribution in [2.75, 3.05) is 7.11 Å². The highest BCUT2D eigenvalue weighted by Gasteiger charge is 2.27. The third-order valence-corrected chi connectivity index (χ3v) is 5.14. The smallest absolute Gasteiger partial charge is 0.274 e. The van der Waals surface area contributed by atoms with Gasteiger partial charge < -0.3 is 15.4 Å². The van der Waals surface area contributed by atoms with E-state index in [-0.39, 0.29) is 23.3 Å². The van der Waals surface area contributed by atoms with Crippen LogP contribution in [-0.4, -0.2) is 39.8 Å². The van der Waals surface area contributed by atoms with Crippen molar-refractivity contribution < 1.29 is 14.3 Å². The van der Waals surface area contributed by atoms with Crippen LogP contribution in [0.1, 0.15) is 65.1 Å². The number of carbonyl (C=O) groups excluding carboxylic acids is 2. The van der Waals surface area contributed by atoms with Crippen molar-refractivity contribution in [2.24, 2.45) is 5.73 Å². The summed E-state index contributed by atoms with van der Waals surface area (Å²) in [6.45, 7) is 0.472. The highest BCUT2D eigenvalue weighted by molar-refractivity contribution is 5.94. The van der Waals surface area contributed by atoms with E-state index in [0.29, 0.717) is 6.54 Å². The molecule has 0 atom stereocenters. The summed E-state index contributed by atoms with van der Waals surface area (Å²) in [5, 5.41) is 0. The third-order valence-electron chi connectivity index (χ3n) is 5.14. The fourth-order valence-corrected chi connectivity index (χ4v) is 3.62. The lowest BCUT2D eigenvalue weighted by atomic mass is 10.0. The number of hydrogen-bond acceptors (Lipinski definition) is 5. The normalized spacial score (nSPS) is 14.9. The van der Waals surface area contributed by atoms with Crippen LogP contribution >= 0.6 is 0 Å². The fourth-order valence-electron chi connectivity index (χ4n) is 3.62. The molecule has 28 heavy (non-hydrogen) atoms. The van der Waals surface area contributed by atoms with Crippen LogP contribution in [0, 0.1) is 0 Å². The number of nitrogens with zero attached hydrogens (tertiary/aromatic N) is 3. The lowest BCUT2D eigenvalue weighted by molar-refractivity contribution is 0.0634. The van der Waals surface area contributed by atoms with Crippen LogP contribution in [0.2, 0.25) is 0 Å². The molecule has 7 heteroatoms. The number of benzene rings is 1. The van der Waals surface area contributed by atoms with E-state index in [4.69, 9.17) is 10.5 Å². The number of ether oxygens (including phenoxy) is 1. The van der Waals surface area contributed by atoms with Gasteiger partial charge in [-0.05, 0) is 30.5 Å². The summed E-state index contributed by atoms with van der Waals surface area (Å²) in [5.74, 6) is -0.0851. The Balaban J connectivity index is 1.87. The lowest BCUT2D eigenvalue weighted by Gasteiger charge is -2.31. The third kappa shape index (κ3) is 4.85. The highest BCUT2D eigenvalue weighted by Crippen LogP contribution is 2.25. The Hall–Kier alpha value is -2.96. The Morgan fingerprint density at radius 3 is 2.39 bits per heavy atom. The van der Waals surface area contributed by atoms with Gasteiger partial charge in [-0.15, -0.1) is 0 Å². The monoisotopic (exact) mass is 382 g/mol. The van der Waals surface area contributed by atoms with Gasteiger partial charge in [-0.2, -0.15) is 0 Å². The molecule has 1 aliphatic rings. The van der Waals surface area contributed by atoms with Crippen molar-refractivity contribution in [2.45, 2.75) is 51.1 Å². The predicted molar refractivity (Wildman–Crippen MR) is 105 cm³/mol. The van der Waals surface area contributed by atoms with Crippen LogP contribution in [0.5, 0.6) is 5.75 Å². The number of hydrogen-bond donors (Lipinski definition) is 1. The topological polar surface area (TPSA) is 98.4 Å². The Bertz CT molecular complexity index is 815. The molecule has 3 rings (SSSR count). The van der Waals surface area contributed by atoms with Crippen LogP contribution < -0.4 is 10.5 Å². The first-order valence-electron chi connectivity index (χ1n) is 9.64. The molecule has 148 valence electrons. The molecule has 0 spiro atoms. The first-order valence-corrected chi connectivity index (χ1v) is 9.64. The molecule has 1 aliphatic carbocycles. The molecule has 2 aromatic rings. The highest BCUT2D eigenvalue weighted by atomic mass is 16.5. The maximum Gasteiger partial charge on any atom is 0.274 e. The number of primary amides is 1. The first kappa shape index (κ1) is 19.8. The van der Waals surface area contributed by atoms with Gasteiger partial charge in [0.25, 0.3) is 11.8 Å². The average Bonchev–Trinajstić information content (AvgIpc) is 3.01. The quantitative estimate of drug-likeness (QED) is 0.775. The molecule has 0 bridgehead atoms. The fraction of sp³-hybridized carbons (Fsp3) is 0.429. The summed E-state index contributed by atoms with van der Waals surface area (Å²) in [4.78, 5) is 34.5. The van der Waals surface area contributed by atoms with Crippen molar-refractivity contribution >= 4 is 11.8 Å². The summed E-state index contributed by atoms with van der Waals surface area (Å²) < 4.78 is 5.31. The first-order chi connectivity index (χ1) is 13.6. The zero-order chi connectivity index (χ0) is 19.9. The lowest BCUT2D eigenvalue weighted by Crippen LogP contribution is -2.40. The van der Waals surface area contributed by atoms with E-state index in [2.05, 4.69) is 9.97 Å². The van der Waals surface area contributed by atoms with Gasteiger partial charge in [0.05, 0.1) is 19.5 Å². The second-order valence-electron chi connectivity index (χ2n) is 7.08. The SMILES string of the molecule is COc1cccc(CN(C(=O)c2cnc(C(N)=O)cn2)C2CCCCCC2)c1. The Morgan fingerprint density at radius 1 is 1.11 bits per heavy atom. The maximum absolute atomic E-state index is 13.3. The molecule has 0 radical (unpaired) electrons. The van der Waals surface area contributed by atoms with E-state index in [1.54, 1.807) is 7.11 Å².